The fourth-order valence-electron chi connectivity index (χ4n) is 3.26. The van der Waals surface area contributed by atoms with Crippen molar-refractivity contribution in [3.05, 3.63) is 54.1 Å². The lowest BCUT2D eigenvalue weighted by Gasteiger charge is -2.34. The van der Waals surface area contributed by atoms with Crippen LogP contribution in [-0.2, 0) is 4.79 Å². The highest BCUT2D eigenvalue weighted by Gasteiger charge is 2.29. The number of carboxylic acids is 1. The van der Waals surface area contributed by atoms with Crippen LogP contribution in [0.5, 0.6) is 5.75 Å². The second kappa shape index (κ2) is 8.95. The van der Waals surface area contributed by atoms with Crippen molar-refractivity contribution in [3.63, 3.8) is 0 Å². The number of hydrogen-bond acceptors (Lipinski definition) is 4. The third-order valence-corrected chi connectivity index (χ3v) is 5.60. The monoisotopic (exact) mass is 385 g/mol. The van der Waals surface area contributed by atoms with Crippen molar-refractivity contribution in [2.45, 2.75) is 19.4 Å². The Kier molecular flexibility index (Phi) is 6.40. The molecule has 1 amide bonds. The predicted molar refractivity (Wildman–Crippen MR) is 107 cm³/mol. The minimum atomic E-state index is -0.875. The molecule has 0 bridgehead atoms. The van der Waals surface area contributed by atoms with Crippen LogP contribution >= 0.6 is 11.8 Å². The van der Waals surface area contributed by atoms with E-state index in [2.05, 4.69) is 0 Å². The molecule has 6 heteroatoms. The summed E-state index contributed by atoms with van der Waals surface area (Å²) in [6.45, 7) is 3.08. The summed E-state index contributed by atoms with van der Waals surface area (Å²) in [6.07, 6.45) is -0.0222. The van der Waals surface area contributed by atoms with Gasteiger partial charge in [-0.05, 0) is 30.7 Å². The molecule has 0 aliphatic carbocycles. The van der Waals surface area contributed by atoms with Crippen molar-refractivity contribution in [3.8, 4) is 16.9 Å². The molecular formula is C21H23NO4S. The van der Waals surface area contributed by atoms with E-state index in [0.717, 1.165) is 22.6 Å². The molecule has 1 unspecified atom stereocenters. The first-order chi connectivity index (χ1) is 13.1. The van der Waals surface area contributed by atoms with Crippen LogP contribution in [0.1, 0.15) is 23.7 Å². The molecule has 1 atom stereocenters. The summed E-state index contributed by atoms with van der Waals surface area (Å²) >= 11 is 1.70. The topological polar surface area (TPSA) is 66.8 Å². The van der Waals surface area contributed by atoms with Crippen molar-refractivity contribution in [1.29, 1.82) is 0 Å². The van der Waals surface area contributed by atoms with Crippen LogP contribution in [0.15, 0.2) is 48.5 Å². The van der Waals surface area contributed by atoms with E-state index < -0.39 is 5.97 Å². The molecule has 0 aromatic heterocycles. The number of hydrogen-bond donors (Lipinski definition) is 1. The predicted octanol–water partition coefficient (Wildman–Crippen LogP) is 3.78. The zero-order valence-corrected chi connectivity index (χ0v) is 16.1. The van der Waals surface area contributed by atoms with Gasteiger partial charge < -0.3 is 14.7 Å². The highest BCUT2D eigenvalue weighted by Crippen LogP contribution is 2.31. The maximum Gasteiger partial charge on any atom is 0.305 e. The van der Waals surface area contributed by atoms with Crippen molar-refractivity contribution in [2.75, 3.05) is 24.7 Å². The third-order valence-electron chi connectivity index (χ3n) is 4.51. The number of thioether (sulfide) groups is 1. The van der Waals surface area contributed by atoms with Crippen LogP contribution in [0, 0.1) is 0 Å². The molecule has 1 aliphatic rings. The van der Waals surface area contributed by atoms with Crippen LogP contribution in [0.4, 0.5) is 0 Å². The molecule has 5 nitrogen and oxygen atoms in total. The van der Waals surface area contributed by atoms with Gasteiger partial charge in [0.05, 0.1) is 19.1 Å². The molecule has 0 radical (unpaired) electrons. The standard InChI is InChI=1S/C21H23NO4S/c1-2-26-19-9-4-3-8-18(19)15-6-5-7-16(12-15)21(25)22-10-11-27-14-17(22)13-20(23)24/h3-9,12,17H,2,10-11,13-14H2,1H3,(H,23,24). The molecule has 1 aliphatic heterocycles. The molecular weight excluding hydrogens is 362 g/mol. The maximum atomic E-state index is 13.1. The van der Waals surface area contributed by atoms with Gasteiger partial charge in [0.2, 0.25) is 0 Å². The number of carboxylic acid groups (broad SMARTS) is 1. The summed E-state index contributed by atoms with van der Waals surface area (Å²) < 4.78 is 5.71. The second-order valence-electron chi connectivity index (χ2n) is 6.34. The van der Waals surface area contributed by atoms with Gasteiger partial charge in [-0.15, -0.1) is 0 Å². The highest BCUT2D eigenvalue weighted by molar-refractivity contribution is 7.99. The average molecular weight is 385 g/mol. The van der Waals surface area contributed by atoms with Crippen molar-refractivity contribution >= 4 is 23.6 Å². The number of rotatable bonds is 6. The van der Waals surface area contributed by atoms with Crippen LogP contribution in [0.2, 0.25) is 0 Å². The van der Waals surface area contributed by atoms with Crippen LogP contribution < -0.4 is 4.74 Å². The van der Waals surface area contributed by atoms with Gasteiger partial charge >= 0.3 is 5.97 Å². The fraction of sp³-hybridized carbons (Fsp3) is 0.333. The number of aliphatic carboxylic acids is 1. The number of carbonyl (C=O) groups excluding carboxylic acids is 1. The molecule has 142 valence electrons. The van der Waals surface area contributed by atoms with Crippen molar-refractivity contribution in [1.82, 2.24) is 4.90 Å². The minimum absolute atomic E-state index is 0.0222. The Labute approximate surface area is 163 Å². The van der Waals surface area contributed by atoms with Gasteiger partial charge in [0.15, 0.2) is 0 Å². The molecule has 0 spiro atoms. The van der Waals surface area contributed by atoms with Gasteiger partial charge in [-0.25, -0.2) is 0 Å². The first-order valence-electron chi connectivity index (χ1n) is 9.03. The molecule has 27 heavy (non-hydrogen) atoms. The van der Waals surface area contributed by atoms with Gasteiger partial charge in [-0.2, -0.15) is 11.8 Å². The molecule has 0 saturated carbocycles. The van der Waals surface area contributed by atoms with E-state index in [-0.39, 0.29) is 18.4 Å². The average Bonchev–Trinajstić information content (AvgIpc) is 2.68. The lowest BCUT2D eigenvalue weighted by atomic mass is 10.0. The minimum Gasteiger partial charge on any atom is -0.493 e. The van der Waals surface area contributed by atoms with E-state index in [1.165, 1.54) is 0 Å². The Morgan fingerprint density at radius 1 is 1.22 bits per heavy atom. The number of carbonyl (C=O) groups is 2. The number of amides is 1. The van der Waals surface area contributed by atoms with E-state index in [0.29, 0.717) is 24.5 Å². The summed E-state index contributed by atoms with van der Waals surface area (Å²) in [5.74, 6) is 1.28. The molecule has 1 heterocycles. The Bertz CT molecular complexity index is 823. The highest BCUT2D eigenvalue weighted by atomic mass is 32.2. The summed E-state index contributed by atoms with van der Waals surface area (Å²) in [4.78, 5) is 25.9. The van der Waals surface area contributed by atoms with Gasteiger partial charge in [0.25, 0.3) is 5.91 Å². The molecule has 1 N–H and O–H groups in total. The number of para-hydroxylation sites is 1. The van der Waals surface area contributed by atoms with Crippen molar-refractivity contribution < 1.29 is 19.4 Å². The summed E-state index contributed by atoms with van der Waals surface area (Å²) in [7, 11) is 0. The van der Waals surface area contributed by atoms with E-state index in [4.69, 9.17) is 9.84 Å². The Hall–Kier alpha value is -2.47. The lowest BCUT2D eigenvalue weighted by Crippen LogP contribution is -2.47. The first-order valence-corrected chi connectivity index (χ1v) is 10.2. The third kappa shape index (κ3) is 4.63. The maximum absolute atomic E-state index is 13.1. The van der Waals surface area contributed by atoms with Crippen LogP contribution in [-0.4, -0.2) is 52.6 Å². The van der Waals surface area contributed by atoms with Crippen LogP contribution in [0.25, 0.3) is 11.1 Å². The second-order valence-corrected chi connectivity index (χ2v) is 7.48. The Balaban J connectivity index is 1.89. The number of nitrogens with zero attached hydrogens (tertiary/aromatic N) is 1. The summed E-state index contributed by atoms with van der Waals surface area (Å²) in [5.41, 5.74) is 2.41. The normalized spacial score (nSPS) is 16.8. The Morgan fingerprint density at radius 2 is 2.04 bits per heavy atom. The lowest BCUT2D eigenvalue weighted by molar-refractivity contribution is -0.138. The zero-order valence-electron chi connectivity index (χ0n) is 15.3. The molecule has 3 rings (SSSR count). The molecule has 1 fully saturated rings. The Morgan fingerprint density at radius 3 is 2.81 bits per heavy atom. The molecule has 1 saturated heterocycles. The summed E-state index contributed by atoms with van der Waals surface area (Å²) in [5, 5.41) is 9.15. The van der Waals surface area contributed by atoms with Crippen molar-refractivity contribution in [2.24, 2.45) is 0 Å². The van der Waals surface area contributed by atoms with Gasteiger partial charge in [-0.1, -0.05) is 30.3 Å². The smallest absolute Gasteiger partial charge is 0.305 e. The zero-order chi connectivity index (χ0) is 19.2. The van der Waals surface area contributed by atoms with Gasteiger partial charge in [0, 0.05) is 29.2 Å². The van der Waals surface area contributed by atoms with Crippen LogP contribution in [0.3, 0.4) is 0 Å². The number of benzene rings is 2. The summed E-state index contributed by atoms with van der Waals surface area (Å²) in [6, 6.07) is 14.9. The van der Waals surface area contributed by atoms with E-state index >= 15 is 0 Å². The van der Waals surface area contributed by atoms with Gasteiger partial charge in [-0.3, -0.25) is 9.59 Å². The number of ether oxygens (including phenoxy) is 1. The first kappa shape index (κ1) is 19.3. The SMILES string of the molecule is CCOc1ccccc1-c1cccc(C(=O)N2CCSCC2CC(=O)O)c1. The van der Waals surface area contributed by atoms with E-state index in [1.807, 2.05) is 49.4 Å². The largest absolute Gasteiger partial charge is 0.493 e. The van der Waals surface area contributed by atoms with Gasteiger partial charge in [0.1, 0.15) is 5.75 Å². The molecule has 2 aromatic carbocycles. The molecule has 2 aromatic rings. The fourth-order valence-corrected chi connectivity index (χ4v) is 4.33. The van der Waals surface area contributed by atoms with E-state index in [1.54, 1.807) is 22.7 Å². The quantitative estimate of drug-likeness (QED) is 0.820. The van der Waals surface area contributed by atoms with E-state index in [9.17, 15) is 9.59 Å².